The van der Waals surface area contributed by atoms with E-state index in [1.807, 2.05) is 13.0 Å². The maximum atomic E-state index is 10.7. The molecule has 0 bridgehead atoms. The first-order valence-electron chi connectivity index (χ1n) is 5.43. The van der Waals surface area contributed by atoms with Crippen LogP contribution in [0.25, 0.3) is 0 Å². The van der Waals surface area contributed by atoms with Gasteiger partial charge in [0.15, 0.2) is 12.1 Å². The topological polar surface area (TPSA) is 49.3 Å². The average molecular weight is 220 g/mol. The van der Waals surface area contributed by atoms with E-state index in [4.69, 9.17) is 0 Å². The van der Waals surface area contributed by atoms with Gasteiger partial charge in [0.1, 0.15) is 5.82 Å². The van der Waals surface area contributed by atoms with Gasteiger partial charge < -0.3 is 9.80 Å². The predicted octanol–water partition coefficient (Wildman–Crippen LogP) is 0.349. The second kappa shape index (κ2) is 4.57. The van der Waals surface area contributed by atoms with Crippen molar-refractivity contribution in [2.45, 2.75) is 6.92 Å². The Morgan fingerprint density at radius 2 is 1.94 bits per heavy atom. The Hall–Kier alpha value is -1.49. The lowest BCUT2D eigenvalue weighted by Gasteiger charge is -2.33. The van der Waals surface area contributed by atoms with Gasteiger partial charge in [0.05, 0.1) is 0 Å². The number of likely N-dealkylation sites (N-methyl/N-ethyl adjacent to an activating group) is 1. The summed E-state index contributed by atoms with van der Waals surface area (Å²) in [6.45, 7) is 5.84. The zero-order valence-corrected chi connectivity index (χ0v) is 9.68. The van der Waals surface area contributed by atoms with Gasteiger partial charge in [-0.25, -0.2) is 9.97 Å². The van der Waals surface area contributed by atoms with E-state index in [-0.39, 0.29) is 5.82 Å². The molecule has 0 amide bonds. The van der Waals surface area contributed by atoms with Gasteiger partial charge in [0.2, 0.25) is 0 Å². The van der Waals surface area contributed by atoms with E-state index in [0.29, 0.717) is 6.29 Å². The number of aryl methyl sites for hydroxylation is 1. The third kappa shape index (κ3) is 2.36. The molecule has 0 saturated carbocycles. The summed E-state index contributed by atoms with van der Waals surface area (Å²) in [5, 5.41) is 0. The molecule has 1 fully saturated rings. The summed E-state index contributed by atoms with van der Waals surface area (Å²) < 4.78 is 0. The highest BCUT2D eigenvalue weighted by atomic mass is 16.1. The van der Waals surface area contributed by atoms with Crippen LogP contribution in [-0.2, 0) is 0 Å². The Balaban J connectivity index is 2.19. The molecular weight excluding hydrogens is 204 g/mol. The second-order valence-corrected chi connectivity index (χ2v) is 4.13. The number of hydrogen-bond acceptors (Lipinski definition) is 5. The second-order valence-electron chi connectivity index (χ2n) is 4.13. The normalized spacial score (nSPS) is 17.5. The minimum absolute atomic E-state index is 0.272. The number of aldehydes is 1. The van der Waals surface area contributed by atoms with Gasteiger partial charge in [-0.15, -0.1) is 0 Å². The van der Waals surface area contributed by atoms with Crippen molar-refractivity contribution in [2.75, 3.05) is 38.1 Å². The number of rotatable bonds is 2. The zero-order chi connectivity index (χ0) is 11.5. The minimum atomic E-state index is 0.272. The summed E-state index contributed by atoms with van der Waals surface area (Å²) >= 11 is 0. The lowest BCUT2D eigenvalue weighted by atomic mass is 10.3. The number of carbonyl (C=O) groups excluding carboxylic acids is 1. The molecule has 0 spiro atoms. The van der Waals surface area contributed by atoms with Crippen molar-refractivity contribution >= 4 is 12.1 Å². The molecule has 1 aromatic heterocycles. The molecule has 16 heavy (non-hydrogen) atoms. The third-order valence-corrected chi connectivity index (χ3v) is 2.79. The highest BCUT2D eigenvalue weighted by Crippen LogP contribution is 2.13. The van der Waals surface area contributed by atoms with E-state index in [9.17, 15) is 4.79 Å². The van der Waals surface area contributed by atoms with Crippen LogP contribution in [0.3, 0.4) is 0 Å². The minimum Gasteiger partial charge on any atom is -0.354 e. The van der Waals surface area contributed by atoms with Gasteiger partial charge >= 0.3 is 0 Å². The van der Waals surface area contributed by atoms with Crippen molar-refractivity contribution in [1.29, 1.82) is 0 Å². The van der Waals surface area contributed by atoms with Crippen molar-refractivity contribution in [3.63, 3.8) is 0 Å². The Morgan fingerprint density at radius 3 is 2.56 bits per heavy atom. The Kier molecular flexibility index (Phi) is 3.14. The van der Waals surface area contributed by atoms with Gasteiger partial charge in [0.25, 0.3) is 0 Å². The fourth-order valence-corrected chi connectivity index (χ4v) is 1.82. The molecule has 0 aliphatic carbocycles. The number of anilines is 1. The van der Waals surface area contributed by atoms with Crippen LogP contribution in [-0.4, -0.2) is 54.4 Å². The lowest BCUT2D eigenvalue weighted by molar-refractivity contribution is 0.111. The van der Waals surface area contributed by atoms with Gasteiger partial charge in [-0.2, -0.15) is 0 Å². The van der Waals surface area contributed by atoms with Crippen molar-refractivity contribution < 1.29 is 4.79 Å². The van der Waals surface area contributed by atoms with E-state index in [1.165, 1.54) is 0 Å². The summed E-state index contributed by atoms with van der Waals surface area (Å²) in [6.07, 6.45) is 0.701. The SMILES string of the molecule is Cc1cc(N2CCN(C)CC2)nc(C=O)n1. The van der Waals surface area contributed by atoms with Crippen LogP contribution in [0, 0.1) is 6.92 Å². The van der Waals surface area contributed by atoms with E-state index >= 15 is 0 Å². The van der Waals surface area contributed by atoms with Crippen LogP contribution < -0.4 is 4.90 Å². The molecule has 0 aromatic carbocycles. The van der Waals surface area contributed by atoms with Gasteiger partial charge in [-0.05, 0) is 14.0 Å². The van der Waals surface area contributed by atoms with Gasteiger partial charge in [-0.3, -0.25) is 4.79 Å². The van der Waals surface area contributed by atoms with Crippen molar-refractivity contribution in [2.24, 2.45) is 0 Å². The smallest absolute Gasteiger partial charge is 0.194 e. The molecule has 86 valence electrons. The summed E-state index contributed by atoms with van der Waals surface area (Å²) in [5.74, 6) is 1.14. The van der Waals surface area contributed by atoms with E-state index < -0.39 is 0 Å². The van der Waals surface area contributed by atoms with E-state index in [2.05, 4.69) is 26.8 Å². The summed E-state index contributed by atoms with van der Waals surface area (Å²) in [4.78, 5) is 23.4. The van der Waals surface area contributed by atoms with Crippen LogP contribution in [0.5, 0.6) is 0 Å². The first-order valence-corrected chi connectivity index (χ1v) is 5.43. The van der Waals surface area contributed by atoms with E-state index in [1.54, 1.807) is 0 Å². The summed E-state index contributed by atoms with van der Waals surface area (Å²) in [6, 6.07) is 1.93. The molecular formula is C11H16N4O. The lowest BCUT2D eigenvalue weighted by Crippen LogP contribution is -2.44. The largest absolute Gasteiger partial charge is 0.354 e. The van der Waals surface area contributed by atoms with Crippen LogP contribution in [0.1, 0.15) is 16.3 Å². The molecule has 0 unspecified atom stereocenters. The number of nitrogens with zero attached hydrogens (tertiary/aromatic N) is 4. The Morgan fingerprint density at radius 1 is 1.25 bits per heavy atom. The number of piperazine rings is 1. The molecule has 1 saturated heterocycles. The molecule has 2 rings (SSSR count). The first kappa shape index (κ1) is 11.0. The maximum absolute atomic E-state index is 10.7. The molecule has 1 aliphatic rings. The van der Waals surface area contributed by atoms with Crippen molar-refractivity contribution in [1.82, 2.24) is 14.9 Å². The Bertz CT molecular complexity index is 386. The van der Waals surface area contributed by atoms with Crippen LogP contribution >= 0.6 is 0 Å². The average Bonchev–Trinajstić information content (AvgIpc) is 2.29. The zero-order valence-electron chi connectivity index (χ0n) is 9.68. The van der Waals surface area contributed by atoms with Crippen LogP contribution in [0.15, 0.2) is 6.07 Å². The molecule has 1 aliphatic heterocycles. The molecule has 0 N–H and O–H groups in total. The molecule has 5 nitrogen and oxygen atoms in total. The quantitative estimate of drug-likeness (QED) is 0.673. The first-order chi connectivity index (χ1) is 7.69. The monoisotopic (exact) mass is 220 g/mol. The van der Waals surface area contributed by atoms with Gasteiger partial charge in [0, 0.05) is 37.9 Å². The maximum Gasteiger partial charge on any atom is 0.194 e. The molecule has 5 heteroatoms. The summed E-state index contributed by atoms with van der Waals surface area (Å²) in [7, 11) is 2.11. The third-order valence-electron chi connectivity index (χ3n) is 2.79. The molecule has 0 atom stereocenters. The standard InChI is InChI=1S/C11H16N4O/c1-9-7-11(13-10(8-16)12-9)15-5-3-14(2)4-6-15/h7-8H,3-6H2,1-2H3. The van der Waals surface area contributed by atoms with E-state index in [0.717, 1.165) is 37.7 Å². The summed E-state index contributed by atoms with van der Waals surface area (Å²) in [5.41, 5.74) is 0.839. The highest BCUT2D eigenvalue weighted by Gasteiger charge is 2.16. The van der Waals surface area contributed by atoms with Crippen molar-refractivity contribution in [3.05, 3.63) is 17.6 Å². The molecule has 1 aromatic rings. The number of aromatic nitrogens is 2. The fraction of sp³-hybridized carbons (Fsp3) is 0.545. The van der Waals surface area contributed by atoms with Crippen LogP contribution in [0.4, 0.5) is 5.82 Å². The van der Waals surface area contributed by atoms with Gasteiger partial charge in [-0.1, -0.05) is 0 Å². The Labute approximate surface area is 95.1 Å². The van der Waals surface area contributed by atoms with Crippen molar-refractivity contribution in [3.8, 4) is 0 Å². The predicted molar refractivity (Wildman–Crippen MR) is 61.9 cm³/mol. The highest BCUT2D eigenvalue weighted by molar-refractivity contribution is 5.69. The molecule has 0 radical (unpaired) electrons. The number of hydrogen-bond donors (Lipinski definition) is 0. The van der Waals surface area contributed by atoms with Crippen LogP contribution in [0.2, 0.25) is 0 Å². The fourth-order valence-electron chi connectivity index (χ4n) is 1.82. The molecule has 2 heterocycles. The number of carbonyl (C=O) groups is 1.